The van der Waals surface area contributed by atoms with Crippen molar-refractivity contribution < 1.29 is 27.8 Å². The summed E-state index contributed by atoms with van der Waals surface area (Å²) >= 11 is 0. The van der Waals surface area contributed by atoms with Gasteiger partial charge in [-0.25, -0.2) is 9.18 Å². The fraction of sp³-hybridized carbons (Fsp3) is 0.357. The lowest BCUT2D eigenvalue weighted by molar-refractivity contribution is -0.137. The third kappa shape index (κ3) is 13.1. The summed E-state index contributed by atoms with van der Waals surface area (Å²) in [6.45, 7) is 18.3. The van der Waals surface area contributed by atoms with Crippen molar-refractivity contribution in [2.24, 2.45) is 30.7 Å². The van der Waals surface area contributed by atoms with Crippen LogP contribution in [0.3, 0.4) is 0 Å². The van der Waals surface area contributed by atoms with Gasteiger partial charge in [-0.2, -0.15) is 30.7 Å². The molecule has 0 unspecified atom stereocenters. The van der Waals surface area contributed by atoms with Gasteiger partial charge >= 0.3 is 5.97 Å². The van der Waals surface area contributed by atoms with E-state index < -0.39 is 20.1 Å². The molecule has 0 aliphatic rings. The van der Waals surface area contributed by atoms with Crippen molar-refractivity contribution in [1.82, 2.24) is 0 Å². The Morgan fingerprint density at radius 1 is 0.600 bits per heavy atom. The highest BCUT2D eigenvalue weighted by Gasteiger charge is 2.44. The summed E-state index contributed by atoms with van der Waals surface area (Å²) in [5, 5.41) is 25.6. The largest absolute Gasteiger partial charge is 0.494 e. The van der Waals surface area contributed by atoms with Crippen LogP contribution in [-0.2, 0) is 14.0 Å². The highest BCUT2D eigenvalue weighted by molar-refractivity contribution is 6.77. The Hall–Kier alpha value is -5.40. The normalized spacial score (nSPS) is 12.1. The Kier molecular flexibility index (Phi) is 16.5. The van der Waals surface area contributed by atoms with Crippen LogP contribution in [0.2, 0.25) is 16.6 Å². The van der Waals surface area contributed by atoms with Gasteiger partial charge in [-0.05, 0) is 114 Å². The average Bonchev–Trinajstić information content (AvgIpc) is 3.18. The minimum absolute atomic E-state index is 0.159. The molecule has 11 nitrogen and oxygen atoms in total. The van der Waals surface area contributed by atoms with Crippen LogP contribution in [0.15, 0.2) is 134 Å². The molecule has 0 saturated carbocycles. The van der Waals surface area contributed by atoms with Crippen LogP contribution in [0.5, 0.6) is 11.5 Å². The summed E-state index contributed by atoms with van der Waals surface area (Å²) in [5.41, 5.74) is 5.00. The molecular formula is C42H51FN6O5Si. The molecule has 4 rings (SSSR count). The van der Waals surface area contributed by atoms with Crippen LogP contribution < -0.4 is 9.47 Å². The Morgan fingerprint density at radius 2 is 1.02 bits per heavy atom. The van der Waals surface area contributed by atoms with Crippen molar-refractivity contribution in [2.45, 2.75) is 71.0 Å². The number of azo groups is 3. The topological polar surface area (TPSA) is 128 Å². The standard InChI is InChI=1S/C42H51FN6O5Si/c1-8-42(50)53-26-10-9-25-51-39-22-19-37(20-23-39)47-46-35-13-11-33(12-14-35)44-45-34-15-17-36(18-16-34)48-49-38-21-24-41(40(43)29-38)52-27-28-54-55(30(2)3,31(4)5)32(6)7/h8,11-24,29-32H,1,9-10,25-28H2,2-7H3. The second-order valence-electron chi connectivity index (χ2n) is 13.7. The summed E-state index contributed by atoms with van der Waals surface area (Å²) in [6, 6.07) is 26.1. The van der Waals surface area contributed by atoms with Gasteiger partial charge in [0, 0.05) is 12.1 Å². The lowest BCUT2D eigenvalue weighted by Crippen LogP contribution is -2.48. The van der Waals surface area contributed by atoms with E-state index in [4.69, 9.17) is 18.6 Å². The van der Waals surface area contributed by atoms with Gasteiger partial charge in [-0.1, -0.05) is 48.1 Å². The van der Waals surface area contributed by atoms with E-state index in [2.05, 4.69) is 78.8 Å². The second kappa shape index (κ2) is 21.5. The third-order valence-electron chi connectivity index (χ3n) is 8.91. The predicted molar refractivity (Wildman–Crippen MR) is 217 cm³/mol. The van der Waals surface area contributed by atoms with Crippen molar-refractivity contribution in [2.75, 3.05) is 26.4 Å². The summed E-state index contributed by atoms with van der Waals surface area (Å²) in [4.78, 5) is 11.0. The van der Waals surface area contributed by atoms with E-state index in [1.54, 1.807) is 60.7 Å². The van der Waals surface area contributed by atoms with Gasteiger partial charge in [0.1, 0.15) is 12.4 Å². The maximum atomic E-state index is 14.8. The van der Waals surface area contributed by atoms with Crippen molar-refractivity contribution in [3.8, 4) is 11.5 Å². The molecule has 4 aromatic rings. The number of hydrogen-bond donors (Lipinski definition) is 0. The minimum atomic E-state index is -2.01. The van der Waals surface area contributed by atoms with E-state index in [-0.39, 0.29) is 12.4 Å². The molecule has 290 valence electrons. The molecule has 0 aromatic heterocycles. The molecule has 0 bridgehead atoms. The van der Waals surface area contributed by atoms with Crippen LogP contribution in [-0.4, -0.2) is 40.7 Å². The van der Waals surface area contributed by atoms with Gasteiger partial charge in [-0.15, -0.1) is 0 Å². The molecule has 0 heterocycles. The summed E-state index contributed by atoms with van der Waals surface area (Å²) < 4.78 is 37.7. The van der Waals surface area contributed by atoms with Gasteiger partial charge in [0.15, 0.2) is 19.9 Å². The van der Waals surface area contributed by atoms with E-state index in [9.17, 15) is 9.18 Å². The molecule has 13 heteroatoms. The maximum Gasteiger partial charge on any atom is 0.330 e. The van der Waals surface area contributed by atoms with E-state index in [1.807, 2.05) is 24.3 Å². The van der Waals surface area contributed by atoms with Gasteiger partial charge in [0.05, 0.1) is 53.9 Å². The first kappa shape index (κ1) is 42.3. The van der Waals surface area contributed by atoms with Crippen molar-refractivity contribution in [3.05, 3.63) is 109 Å². The summed E-state index contributed by atoms with van der Waals surface area (Å²) in [5.74, 6) is -0.0415. The quantitative estimate of drug-likeness (QED) is 0.0274. The molecule has 0 spiro atoms. The molecule has 0 N–H and O–H groups in total. The summed E-state index contributed by atoms with van der Waals surface area (Å²) in [7, 11) is -2.01. The SMILES string of the molecule is C=CC(=O)OCCCCOc1ccc(N=Nc2ccc(N=Nc3ccc(N=Nc4ccc(OCCO[Si](C(C)C)(C(C)C)C(C)C)c(F)c4)cc3)cc2)cc1. The number of carbonyl (C=O) groups excluding carboxylic acids is 1. The predicted octanol–water partition coefficient (Wildman–Crippen LogP) is 13.5. The highest BCUT2D eigenvalue weighted by atomic mass is 28.4. The van der Waals surface area contributed by atoms with Crippen molar-refractivity contribution >= 4 is 48.4 Å². The molecule has 55 heavy (non-hydrogen) atoms. The van der Waals surface area contributed by atoms with Gasteiger partial charge in [-0.3, -0.25) is 0 Å². The van der Waals surface area contributed by atoms with Gasteiger partial charge in [0.25, 0.3) is 0 Å². The van der Waals surface area contributed by atoms with Crippen molar-refractivity contribution in [3.63, 3.8) is 0 Å². The number of hydrogen-bond acceptors (Lipinski definition) is 11. The Balaban J connectivity index is 1.21. The molecule has 0 aliphatic heterocycles. The molecule has 4 aromatic carbocycles. The number of ether oxygens (including phenoxy) is 3. The molecule has 0 fully saturated rings. The van der Waals surface area contributed by atoms with Crippen LogP contribution in [0, 0.1) is 5.82 Å². The van der Waals surface area contributed by atoms with Gasteiger partial charge < -0.3 is 18.6 Å². The molecule has 0 radical (unpaired) electrons. The minimum Gasteiger partial charge on any atom is -0.494 e. The van der Waals surface area contributed by atoms with E-state index >= 15 is 0 Å². The average molecular weight is 767 g/mol. The molecule has 0 amide bonds. The number of halogens is 1. The Labute approximate surface area is 324 Å². The molecule has 0 saturated heterocycles. The molecule has 0 atom stereocenters. The summed E-state index contributed by atoms with van der Waals surface area (Å²) in [6.07, 6.45) is 2.62. The maximum absolute atomic E-state index is 14.8. The van der Waals surface area contributed by atoms with Crippen LogP contribution in [0.25, 0.3) is 0 Å². The smallest absolute Gasteiger partial charge is 0.330 e. The van der Waals surface area contributed by atoms with Crippen LogP contribution >= 0.6 is 0 Å². The lowest BCUT2D eigenvalue weighted by Gasteiger charge is -2.42. The van der Waals surface area contributed by atoms with Crippen LogP contribution in [0.1, 0.15) is 54.4 Å². The third-order valence-corrected chi connectivity index (χ3v) is 15.0. The van der Waals surface area contributed by atoms with Crippen molar-refractivity contribution in [1.29, 1.82) is 0 Å². The fourth-order valence-corrected chi connectivity index (χ4v) is 11.7. The fourth-order valence-electron chi connectivity index (χ4n) is 6.29. The number of benzene rings is 4. The first-order chi connectivity index (χ1) is 26.5. The van der Waals surface area contributed by atoms with E-state index in [0.29, 0.717) is 77.0 Å². The molecule has 0 aliphatic carbocycles. The number of unbranched alkanes of at least 4 members (excludes halogenated alkanes) is 1. The number of esters is 1. The first-order valence-corrected chi connectivity index (χ1v) is 20.7. The van der Waals surface area contributed by atoms with Crippen LogP contribution in [0.4, 0.5) is 38.5 Å². The molecular weight excluding hydrogens is 716 g/mol. The Morgan fingerprint density at radius 3 is 1.45 bits per heavy atom. The first-order valence-electron chi connectivity index (χ1n) is 18.5. The lowest BCUT2D eigenvalue weighted by atomic mass is 10.3. The highest BCUT2D eigenvalue weighted by Crippen LogP contribution is 2.42. The second-order valence-corrected chi connectivity index (χ2v) is 19.1. The number of nitrogens with zero attached hydrogens (tertiary/aromatic N) is 6. The Bertz CT molecular complexity index is 1880. The van der Waals surface area contributed by atoms with Gasteiger partial charge in [0.2, 0.25) is 0 Å². The number of rotatable bonds is 21. The zero-order valence-electron chi connectivity index (χ0n) is 32.5. The zero-order chi connectivity index (χ0) is 39.6. The van der Waals surface area contributed by atoms with E-state index in [1.165, 1.54) is 6.07 Å². The number of carbonyl (C=O) groups is 1. The zero-order valence-corrected chi connectivity index (χ0v) is 33.5. The monoisotopic (exact) mass is 766 g/mol. The van der Waals surface area contributed by atoms with E-state index in [0.717, 1.165) is 18.2 Å².